The van der Waals surface area contributed by atoms with Gasteiger partial charge < -0.3 is 10.6 Å². The third kappa shape index (κ3) is 3.44. The SMILES string of the molecule is CC(NC(=O)[C@H]1CNC[C@@H]1c1cnn(C)c1)c1ccc(F)c(Cl)c1. The third-order valence-corrected chi connectivity index (χ3v) is 4.80. The fraction of sp³-hybridized carbons (Fsp3) is 0.412. The Morgan fingerprint density at radius 2 is 2.29 bits per heavy atom. The first-order valence-electron chi connectivity index (χ1n) is 7.90. The van der Waals surface area contributed by atoms with Crippen LogP contribution in [-0.4, -0.2) is 28.8 Å². The van der Waals surface area contributed by atoms with E-state index in [9.17, 15) is 9.18 Å². The minimum Gasteiger partial charge on any atom is -0.349 e. The van der Waals surface area contributed by atoms with Gasteiger partial charge in [-0.05, 0) is 30.2 Å². The molecular formula is C17H20ClFN4O. The Morgan fingerprint density at radius 3 is 2.96 bits per heavy atom. The molecule has 5 nitrogen and oxygen atoms in total. The fourth-order valence-electron chi connectivity index (χ4n) is 3.12. The number of halogens is 2. The minimum absolute atomic E-state index is 0.0261. The summed E-state index contributed by atoms with van der Waals surface area (Å²) in [5.74, 6) is -0.548. The highest BCUT2D eigenvalue weighted by Crippen LogP contribution is 2.29. The predicted octanol–water partition coefficient (Wildman–Crippen LogP) is 2.39. The molecule has 0 spiro atoms. The highest BCUT2D eigenvalue weighted by molar-refractivity contribution is 6.30. The number of rotatable bonds is 4. The molecule has 2 N–H and O–H groups in total. The van der Waals surface area contributed by atoms with Crippen LogP contribution in [-0.2, 0) is 11.8 Å². The summed E-state index contributed by atoms with van der Waals surface area (Å²) in [7, 11) is 1.86. The van der Waals surface area contributed by atoms with E-state index in [2.05, 4.69) is 15.7 Å². The maximum absolute atomic E-state index is 13.3. The quantitative estimate of drug-likeness (QED) is 0.890. The van der Waals surface area contributed by atoms with Crippen LogP contribution in [0.1, 0.15) is 30.0 Å². The summed E-state index contributed by atoms with van der Waals surface area (Å²) in [6.45, 7) is 3.24. The molecule has 2 aromatic rings. The van der Waals surface area contributed by atoms with E-state index in [4.69, 9.17) is 11.6 Å². The molecule has 0 radical (unpaired) electrons. The van der Waals surface area contributed by atoms with Crippen LogP contribution in [0.3, 0.4) is 0 Å². The van der Waals surface area contributed by atoms with Crippen LogP contribution >= 0.6 is 11.6 Å². The van der Waals surface area contributed by atoms with Crippen molar-refractivity contribution in [1.82, 2.24) is 20.4 Å². The van der Waals surface area contributed by atoms with Gasteiger partial charge in [0, 0.05) is 32.3 Å². The maximum Gasteiger partial charge on any atom is 0.225 e. The summed E-state index contributed by atoms with van der Waals surface area (Å²) < 4.78 is 15.0. The summed E-state index contributed by atoms with van der Waals surface area (Å²) >= 11 is 5.82. The lowest BCUT2D eigenvalue weighted by molar-refractivity contribution is -0.125. The van der Waals surface area contributed by atoms with Gasteiger partial charge in [0.2, 0.25) is 5.91 Å². The van der Waals surface area contributed by atoms with Crippen molar-refractivity contribution < 1.29 is 9.18 Å². The first kappa shape index (κ1) is 16.9. The molecular weight excluding hydrogens is 331 g/mol. The molecule has 24 heavy (non-hydrogen) atoms. The summed E-state index contributed by atoms with van der Waals surface area (Å²) in [5, 5.41) is 10.5. The predicted molar refractivity (Wildman–Crippen MR) is 90.3 cm³/mol. The summed E-state index contributed by atoms with van der Waals surface area (Å²) in [4.78, 5) is 12.7. The molecule has 1 unspecified atom stereocenters. The largest absolute Gasteiger partial charge is 0.349 e. The number of nitrogens with one attached hydrogen (secondary N) is 2. The number of aromatic nitrogens is 2. The number of carbonyl (C=O) groups excluding carboxylic acids is 1. The van der Waals surface area contributed by atoms with Crippen LogP contribution in [0.4, 0.5) is 4.39 Å². The van der Waals surface area contributed by atoms with E-state index in [-0.39, 0.29) is 28.8 Å². The van der Waals surface area contributed by atoms with Crippen molar-refractivity contribution in [2.75, 3.05) is 13.1 Å². The van der Waals surface area contributed by atoms with Gasteiger partial charge in [-0.15, -0.1) is 0 Å². The van der Waals surface area contributed by atoms with E-state index in [1.54, 1.807) is 23.0 Å². The Kier molecular flexibility index (Phi) is 4.87. The standard InChI is InChI=1S/C17H20ClFN4O/c1-10(11-3-4-16(19)15(18)5-11)22-17(24)14-8-20-7-13(14)12-6-21-23(2)9-12/h3-6,9-10,13-14,20H,7-8H2,1-2H3,(H,22,24)/t10?,13-,14+/m1/s1. The van der Waals surface area contributed by atoms with Gasteiger partial charge in [-0.1, -0.05) is 17.7 Å². The van der Waals surface area contributed by atoms with Crippen LogP contribution in [0.5, 0.6) is 0 Å². The second-order valence-corrected chi connectivity index (χ2v) is 6.63. The molecule has 1 aliphatic rings. The molecule has 1 saturated heterocycles. The Balaban J connectivity index is 1.70. The molecule has 2 heterocycles. The van der Waals surface area contributed by atoms with Gasteiger partial charge in [-0.2, -0.15) is 5.10 Å². The Hall–Kier alpha value is -1.92. The lowest BCUT2D eigenvalue weighted by Gasteiger charge is -2.21. The molecule has 128 valence electrons. The lowest BCUT2D eigenvalue weighted by atomic mass is 9.90. The molecule has 0 bridgehead atoms. The number of carbonyl (C=O) groups is 1. The molecule has 1 aliphatic heterocycles. The van der Waals surface area contributed by atoms with Crippen molar-refractivity contribution in [2.24, 2.45) is 13.0 Å². The van der Waals surface area contributed by atoms with Crippen LogP contribution < -0.4 is 10.6 Å². The number of nitrogens with zero attached hydrogens (tertiary/aromatic N) is 2. The van der Waals surface area contributed by atoms with Gasteiger partial charge in [0.15, 0.2) is 0 Å². The van der Waals surface area contributed by atoms with E-state index in [1.165, 1.54) is 6.07 Å². The van der Waals surface area contributed by atoms with Gasteiger partial charge in [-0.3, -0.25) is 9.48 Å². The topological polar surface area (TPSA) is 59.0 Å². The molecule has 7 heteroatoms. The number of hydrogen-bond acceptors (Lipinski definition) is 3. The Labute approximate surface area is 145 Å². The first-order chi connectivity index (χ1) is 11.5. The van der Waals surface area contributed by atoms with E-state index in [1.807, 2.05) is 20.2 Å². The zero-order valence-electron chi connectivity index (χ0n) is 13.6. The van der Waals surface area contributed by atoms with Gasteiger partial charge in [-0.25, -0.2) is 4.39 Å². The molecule has 1 amide bonds. The molecule has 1 fully saturated rings. The van der Waals surface area contributed by atoms with Crippen LogP contribution in [0.2, 0.25) is 5.02 Å². The number of amides is 1. The number of hydrogen-bond donors (Lipinski definition) is 2. The molecule has 1 aromatic heterocycles. The van der Waals surface area contributed by atoms with E-state index in [0.29, 0.717) is 6.54 Å². The van der Waals surface area contributed by atoms with Crippen molar-refractivity contribution in [3.8, 4) is 0 Å². The normalized spacial score (nSPS) is 21.7. The zero-order valence-corrected chi connectivity index (χ0v) is 14.3. The van der Waals surface area contributed by atoms with Crippen LogP contribution in [0.25, 0.3) is 0 Å². The summed E-state index contributed by atoms with van der Waals surface area (Å²) in [6.07, 6.45) is 3.75. The average Bonchev–Trinajstić information content (AvgIpc) is 3.18. The van der Waals surface area contributed by atoms with Crippen molar-refractivity contribution in [3.63, 3.8) is 0 Å². The fourth-order valence-corrected chi connectivity index (χ4v) is 3.31. The molecule has 0 saturated carbocycles. The van der Waals surface area contributed by atoms with Crippen LogP contribution in [0, 0.1) is 11.7 Å². The van der Waals surface area contributed by atoms with Gasteiger partial charge in [0.1, 0.15) is 5.82 Å². The van der Waals surface area contributed by atoms with Gasteiger partial charge >= 0.3 is 0 Å². The van der Waals surface area contributed by atoms with E-state index < -0.39 is 5.82 Å². The highest BCUT2D eigenvalue weighted by atomic mass is 35.5. The molecule has 3 atom stereocenters. The van der Waals surface area contributed by atoms with E-state index >= 15 is 0 Å². The zero-order chi connectivity index (χ0) is 17.3. The van der Waals surface area contributed by atoms with Crippen molar-refractivity contribution in [3.05, 3.63) is 52.6 Å². The minimum atomic E-state index is -0.462. The third-order valence-electron chi connectivity index (χ3n) is 4.51. The second kappa shape index (κ2) is 6.91. The average molecular weight is 351 g/mol. The van der Waals surface area contributed by atoms with Crippen LogP contribution in [0.15, 0.2) is 30.6 Å². The van der Waals surface area contributed by atoms with Gasteiger partial charge in [0.25, 0.3) is 0 Å². The first-order valence-corrected chi connectivity index (χ1v) is 8.28. The number of benzene rings is 1. The van der Waals surface area contributed by atoms with Crippen molar-refractivity contribution >= 4 is 17.5 Å². The van der Waals surface area contributed by atoms with Crippen molar-refractivity contribution in [2.45, 2.75) is 18.9 Å². The van der Waals surface area contributed by atoms with E-state index in [0.717, 1.165) is 17.7 Å². The smallest absolute Gasteiger partial charge is 0.225 e. The molecule has 3 rings (SSSR count). The Morgan fingerprint density at radius 1 is 1.50 bits per heavy atom. The lowest BCUT2D eigenvalue weighted by Crippen LogP contribution is -2.36. The number of aryl methyl sites for hydroxylation is 1. The van der Waals surface area contributed by atoms with Gasteiger partial charge in [0.05, 0.1) is 23.2 Å². The molecule has 0 aliphatic carbocycles. The van der Waals surface area contributed by atoms with Crippen molar-refractivity contribution in [1.29, 1.82) is 0 Å². The monoisotopic (exact) mass is 350 g/mol. The highest BCUT2D eigenvalue weighted by Gasteiger charge is 2.35. The second-order valence-electron chi connectivity index (χ2n) is 6.22. The Bertz CT molecular complexity index is 748. The maximum atomic E-state index is 13.3. The molecule has 1 aromatic carbocycles. The summed E-state index contributed by atoms with van der Waals surface area (Å²) in [6, 6.07) is 4.26. The summed E-state index contributed by atoms with van der Waals surface area (Å²) in [5.41, 5.74) is 1.83.